The van der Waals surface area contributed by atoms with Crippen LogP contribution < -0.4 is 20.0 Å². The highest BCUT2D eigenvalue weighted by Gasteiger charge is 2.70. The Kier molecular flexibility index (Phi) is 11.6. The second kappa shape index (κ2) is 17.0. The van der Waals surface area contributed by atoms with Crippen LogP contribution >= 0.6 is 45.8 Å². The van der Waals surface area contributed by atoms with Gasteiger partial charge in [-0.05, 0) is 131 Å². The van der Waals surface area contributed by atoms with E-state index < -0.39 is 75.4 Å². The van der Waals surface area contributed by atoms with Gasteiger partial charge in [0, 0.05) is 36.9 Å². The predicted octanol–water partition coefficient (Wildman–Crippen LogP) is 10.4. The number of phenolic OH excluding ortho intramolecular Hbond substituents is 1. The van der Waals surface area contributed by atoms with Gasteiger partial charge in [-0.25, -0.2) is 4.98 Å². The number of carbonyl (C=O) groups is 4. The van der Waals surface area contributed by atoms with Crippen molar-refractivity contribution < 1.29 is 42.2 Å². The first-order chi connectivity index (χ1) is 31.4. The van der Waals surface area contributed by atoms with Gasteiger partial charge in [-0.1, -0.05) is 47.0 Å². The lowest BCUT2D eigenvalue weighted by atomic mass is 9.49. The molecule has 2 aliphatic carbocycles. The number of nitrogens with one attached hydrogen (secondary N) is 1. The molecule has 2 aliphatic heterocycles. The number of alkyl halides is 3. The number of methoxy groups -OCH3 is 1. The van der Waals surface area contributed by atoms with E-state index in [2.05, 4.69) is 20.6 Å². The highest BCUT2D eigenvalue weighted by Crippen LogP contribution is 2.65. The summed E-state index contributed by atoms with van der Waals surface area (Å²) in [7, 11) is 5.24. The maximum absolute atomic E-state index is 15.5. The van der Waals surface area contributed by atoms with Gasteiger partial charge >= 0.3 is 6.18 Å². The number of amides is 4. The Balaban J connectivity index is 1.13. The number of azo groups is 1. The Labute approximate surface area is 399 Å². The van der Waals surface area contributed by atoms with Crippen molar-refractivity contribution in [2.24, 2.45) is 33.9 Å². The number of rotatable bonds is 9. The molecule has 4 aromatic carbocycles. The molecule has 338 valence electrons. The Hall–Kier alpha value is -6.05. The maximum Gasteiger partial charge on any atom is 0.417 e. The summed E-state index contributed by atoms with van der Waals surface area (Å²) in [5.74, 6) is -7.76. The van der Waals surface area contributed by atoms with Crippen LogP contribution in [0.2, 0.25) is 10.0 Å². The van der Waals surface area contributed by atoms with Crippen molar-refractivity contribution in [2.75, 3.05) is 36.4 Å². The van der Waals surface area contributed by atoms with Gasteiger partial charge < -0.3 is 14.7 Å². The van der Waals surface area contributed by atoms with E-state index >= 15 is 9.59 Å². The number of pyridine rings is 1. The third-order valence-corrected chi connectivity index (χ3v) is 14.3. The summed E-state index contributed by atoms with van der Waals surface area (Å²) in [6.45, 7) is 0. The molecule has 1 saturated carbocycles. The van der Waals surface area contributed by atoms with Crippen LogP contribution in [0.1, 0.15) is 35.4 Å². The fraction of sp³-hybridized carbons (Fsp3) is 0.255. The minimum absolute atomic E-state index is 0.0760. The summed E-state index contributed by atoms with van der Waals surface area (Å²) < 4.78 is 46.8. The number of benzene rings is 4. The zero-order valence-electron chi connectivity index (χ0n) is 35.1. The first-order valence-corrected chi connectivity index (χ1v) is 22.3. The fourth-order valence-corrected chi connectivity index (χ4v) is 10.9. The number of aromatic nitrogens is 1. The van der Waals surface area contributed by atoms with E-state index in [0.717, 1.165) is 15.6 Å². The molecule has 4 amide bonds. The third-order valence-electron chi connectivity index (χ3n) is 12.9. The number of aromatic hydroxyl groups is 1. The van der Waals surface area contributed by atoms with Crippen LogP contribution in [0.15, 0.2) is 119 Å². The monoisotopic (exact) mass is 1050 g/mol. The molecule has 6 atom stereocenters. The molecule has 6 unspecified atom stereocenters. The molecule has 2 N–H and O–H groups in total. The number of hydrogen-bond donors (Lipinski definition) is 2. The van der Waals surface area contributed by atoms with Gasteiger partial charge in [0.2, 0.25) is 11.8 Å². The number of halogens is 6. The molecule has 0 radical (unpaired) electrons. The van der Waals surface area contributed by atoms with E-state index in [1.165, 1.54) is 7.11 Å². The van der Waals surface area contributed by atoms with Crippen LogP contribution in [0.3, 0.4) is 0 Å². The van der Waals surface area contributed by atoms with E-state index in [-0.39, 0.29) is 30.2 Å². The molecule has 3 fully saturated rings. The summed E-state index contributed by atoms with van der Waals surface area (Å²) in [6, 6.07) is 24.3. The first kappa shape index (κ1) is 45.1. The molecule has 0 bridgehead atoms. The van der Waals surface area contributed by atoms with Gasteiger partial charge in [0.1, 0.15) is 0 Å². The molecule has 3 heterocycles. The Morgan fingerprint density at radius 2 is 1.55 bits per heavy atom. The number of anilines is 3. The molecular weight excluding hydrogens is 1010 g/mol. The lowest BCUT2D eigenvalue weighted by molar-refractivity contribution is -0.139. The topological polar surface area (TPSA) is 157 Å². The summed E-state index contributed by atoms with van der Waals surface area (Å²) in [4.78, 5) is 66.8. The number of fused-ring (bicyclic) bond motifs is 4. The number of hydrazine groups is 1. The van der Waals surface area contributed by atoms with Gasteiger partial charge in [-0.15, -0.1) is 0 Å². The fourth-order valence-electron chi connectivity index (χ4n) is 9.93. The molecule has 9 rings (SSSR count). The van der Waals surface area contributed by atoms with Crippen molar-refractivity contribution in [1.82, 2.24) is 9.99 Å². The number of imide groups is 2. The first-order valence-electron chi connectivity index (χ1n) is 20.5. The molecule has 4 aliphatic rings. The normalized spacial score (nSPS) is 23.8. The molecule has 13 nitrogen and oxygen atoms in total. The van der Waals surface area contributed by atoms with Gasteiger partial charge in [0.05, 0.1) is 61.5 Å². The van der Waals surface area contributed by atoms with Crippen molar-refractivity contribution in [3.05, 3.63) is 139 Å². The van der Waals surface area contributed by atoms with Crippen LogP contribution in [0.5, 0.6) is 11.5 Å². The summed E-state index contributed by atoms with van der Waals surface area (Å²) in [5.41, 5.74) is 3.57. The number of carbonyl (C=O) groups excluding carboxylic acids is 4. The van der Waals surface area contributed by atoms with Gasteiger partial charge in [-0.3, -0.25) is 29.5 Å². The Bertz CT molecular complexity index is 2880. The predicted molar refractivity (Wildman–Crippen MR) is 248 cm³/mol. The average Bonchev–Trinajstić information content (AvgIpc) is 3.67. The zero-order chi connectivity index (χ0) is 47.0. The van der Waals surface area contributed by atoms with Crippen molar-refractivity contribution in [2.45, 2.75) is 30.4 Å². The minimum Gasteiger partial charge on any atom is -0.504 e. The highest BCUT2D eigenvalue weighted by molar-refractivity contribution is 14.1. The zero-order valence-corrected chi connectivity index (χ0v) is 38.7. The third kappa shape index (κ3) is 7.44. The lowest BCUT2D eigenvalue weighted by Crippen LogP contribution is -2.53. The van der Waals surface area contributed by atoms with E-state index in [4.69, 9.17) is 27.9 Å². The van der Waals surface area contributed by atoms with Crippen LogP contribution in [0.4, 0.5) is 41.7 Å². The van der Waals surface area contributed by atoms with Crippen molar-refractivity contribution in [1.29, 1.82) is 0 Å². The summed E-state index contributed by atoms with van der Waals surface area (Å²) >= 11 is 14.6. The quantitative estimate of drug-likeness (QED) is 0.0635. The maximum atomic E-state index is 15.5. The second-order valence-corrected chi connectivity index (χ2v) is 18.6. The highest BCUT2D eigenvalue weighted by atomic mass is 127. The number of allylic oxidation sites excluding steroid dienone is 2. The molecule has 0 spiro atoms. The lowest BCUT2D eigenvalue weighted by Gasteiger charge is -2.50. The molecular formula is C47H37Cl2F3IN7O6. The summed E-state index contributed by atoms with van der Waals surface area (Å²) in [6.07, 6.45) is -2.34. The minimum atomic E-state index is -4.77. The number of nitrogens with zero attached hydrogens (tertiary/aromatic N) is 6. The number of phenols is 1. The number of ether oxygens (including phenoxy) is 1. The van der Waals surface area contributed by atoms with Gasteiger partial charge in [-0.2, -0.15) is 28.4 Å². The van der Waals surface area contributed by atoms with E-state index in [9.17, 15) is 27.9 Å². The van der Waals surface area contributed by atoms with E-state index in [0.29, 0.717) is 54.6 Å². The Morgan fingerprint density at radius 1 is 0.894 bits per heavy atom. The van der Waals surface area contributed by atoms with Gasteiger partial charge in [0.15, 0.2) is 17.3 Å². The molecule has 5 aromatic rings. The standard InChI is InChI=1S/C47H37Cl2F3IN7O6/c1-58(2)29-12-8-27(9-13-29)55-56-28-10-14-30(15-11-28)59-42(62)32-17-16-31-33(38(32)44(59)64)21-34-43(63)60(57-41-35(49)20-25(22-54-41)47(50,51)52)45(65)46(34,24-4-6-26(48)7-5-24)39(31)23-18-36(53)40(61)37(19-23)66-3/h4-16,18-20,22,32-34,38-39,61H,17,21H2,1-3H3,(H,54,57). The molecule has 19 heteroatoms. The van der Waals surface area contributed by atoms with Crippen LogP contribution in [-0.4, -0.2) is 59.9 Å². The largest absolute Gasteiger partial charge is 0.504 e. The van der Waals surface area contributed by atoms with Crippen LogP contribution in [0, 0.1) is 27.2 Å². The molecule has 1 aromatic heterocycles. The number of hydrogen-bond acceptors (Lipinski definition) is 11. The van der Waals surface area contributed by atoms with E-state index in [1.54, 1.807) is 60.7 Å². The Morgan fingerprint density at radius 3 is 2.15 bits per heavy atom. The SMILES string of the molecule is COc1cc(C2C3=CCC4C(=O)N(c5ccc(N=Nc6ccc(N(C)C)cc6)cc5)C(=O)C4C3CC3C(=O)N(Nc4ncc(C(F)(F)F)cc4Cl)C(=O)C32c2ccc(Cl)cc2)cc(I)c1O. The average molecular weight is 1050 g/mol. The summed E-state index contributed by atoms with van der Waals surface area (Å²) in [5, 5.41) is 20.2. The van der Waals surface area contributed by atoms with E-state index in [1.807, 2.05) is 71.9 Å². The molecule has 66 heavy (non-hydrogen) atoms. The van der Waals surface area contributed by atoms with Crippen LogP contribution in [-0.2, 0) is 30.8 Å². The van der Waals surface area contributed by atoms with Crippen LogP contribution in [0.25, 0.3) is 0 Å². The second-order valence-electron chi connectivity index (χ2n) is 16.6. The smallest absolute Gasteiger partial charge is 0.417 e. The van der Waals surface area contributed by atoms with Crippen molar-refractivity contribution >= 4 is 98.0 Å². The molecule has 2 saturated heterocycles. The van der Waals surface area contributed by atoms with Gasteiger partial charge in [0.25, 0.3) is 11.8 Å². The van der Waals surface area contributed by atoms with Crippen molar-refractivity contribution in [3.63, 3.8) is 0 Å². The van der Waals surface area contributed by atoms with Crippen molar-refractivity contribution in [3.8, 4) is 11.5 Å².